The van der Waals surface area contributed by atoms with Crippen molar-refractivity contribution < 1.29 is 33.3 Å². The molecule has 0 bridgehead atoms. The van der Waals surface area contributed by atoms with E-state index in [0.717, 1.165) is 0 Å². The highest BCUT2D eigenvalue weighted by Gasteiger charge is 2.02. The van der Waals surface area contributed by atoms with E-state index in [2.05, 4.69) is 9.47 Å². The highest BCUT2D eigenvalue weighted by Crippen LogP contribution is 1.88. The van der Waals surface area contributed by atoms with Crippen molar-refractivity contribution in [2.45, 2.75) is 6.42 Å². The largest absolute Gasteiger partial charge is 0.465 e. The lowest BCUT2D eigenvalue weighted by atomic mass is 10.3. The van der Waals surface area contributed by atoms with Gasteiger partial charge in [-0.05, 0) is 0 Å². The Morgan fingerprint density at radius 3 is 2.00 bits per heavy atom. The van der Waals surface area contributed by atoms with Crippen LogP contribution in [0.3, 0.4) is 0 Å². The average Bonchev–Trinajstić information content (AvgIpc) is 2.33. The molecular formula is C10H16O7. The molecule has 0 saturated carbocycles. The second-order valence-electron chi connectivity index (χ2n) is 2.89. The van der Waals surface area contributed by atoms with E-state index < -0.39 is 0 Å². The Morgan fingerprint density at radius 2 is 1.41 bits per heavy atom. The lowest BCUT2D eigenvalue weighted by Crippen LogP contribution is -2.14. The van der Waals surface area contributed by atoms with Gasteiger partial charge in [-0.3, -0.25) is 14.4 Å². The Balaban J connectivity index is 3.17. The van der Waals surface area contributed by atoms with Gasteiger partial charge in [0.1, 0.15) is 19.8 Å². The molecule has 0 aliphatic carbocycles. The van der Waals surface area contributed by atoms with Crippen molar-refractivity contribution in [2.24, 2.45) is 0 Å². The van der Waals surface area contributed by atoms with Crippen molar-refractivity contribution in [3.8, 4) is 0 Å². The van der Waals surface area contributed by atoms with Crippen LogP contribution in [-0.4, -0.2) is 58.4 Å². The number of ether oxygens (including phenoxy) is 4. The van der Waals surface area contributed by atoms with Crippen LogP contribution in [0.4, 0.5) is 0 Å². The van der Waals surface area contributed by atoms with Gasteiger partial charge in [-0.2, -0.15) is 0 Å². The van der Waals surface area contributed by atoms with Gasteiger partial charge in [-0.25, -0.2) is 0 Å². The molecular weight excluding hydrogens is 232 g/mol. The van der Waals surface area contributed by atoms with E-state index in [1.807, 2.05) is 0 Å². The highest BCUT2D eigenvalue weighted by atomic mass is 16.6. The summed E-state index contributed by atoms with van der Waals surface area (Å²) in [5.41, 5.74) is 0. The number of carbonyl (C=O) groups is 3. The molecule has 0 N–H and O–H groups in total. The third-order valence-corrected chi connectivity index (χ3v) is 1.62. The van der Waals surface area contributed by atoms with E-state index in [9.17, 15) is 14.4 Å². The number of rotatable bonds is 13. The molecule has 0 aromatic carbocycles. The molecule has 0 amide bonds. The molecule has 0 aliphatic rings. The van der Waals surface area contributed by atoms with Gasteiger partial charge in [0.05, 0.1) is 19.8 Å². The van der Waals surface area contributed by atoms with Gasteiger partial charge in [0.2, 0.25) is 0 Å². The van der Waals surface area contributed by atoms with Crippen molar-refractivity contribution >= 4 is 18.7 Å². The maximum atomic E-state index is 11.2. The van der Waals surface area contributed by atoms with Gasteiger partial charge in [0, 0.05) is 6.42 Å². The predicted octanol–water partition coefficient (Wildman–Crippen LogP) is -0.675. The SMILES string of the molecule is O=COCCOCCC(=O)COCCOC=O. The molecule has 0 radical (unpaired) electrons. The van der Waals surface area contributed by atoms with E-state index in [4.69, 9.17) is 9.47 Å². The van der Waals surface area contributed by atoms with Crippen LogP contribution in [0.5, 0.6) is 0 Å². The first kappa shape index (κ1) is 15.5. The molecule has 0 unspecified atom stereocenters. The molecule has 7 heteroatoms. The first-order chi connectivity index (χ1) is 8.31. The minimum absolute atomic E-state index is 0.0313. The summed E-state index contributed by atoms with van der Waals surface area (Å²) in [6, 6.07) is 0. The van der Waals surface area contributed by atoms with Crippen LogP contribution in [0, 0.1) is 0 Å². The Hall–Kier alpha value is -1.47. The summed E-state index contributed by atoms with van der Waals surface area (Å²) < 4.78 is 18.7. The van der Waals surface area contributed by atoms with Gasteiger partial charge in [0.15, 0.2) is 5.78 Å². The predicted molar refractivity (Wildman–Crippen MR) is 55.3 cm³/mol. The Morgan fingerprint density at radius 1 is 0.824 bits per heavy atom. The van der Waals surface area contributed by atoms with Crippen LogP contribution < -0.4 is 0 Å². The number of hydrogen-bond acceptors (Lipinski definition) is 7. The standard InChI is InChI=1S/C10H16O7/c11-8-16-5-3-14-2-1-10(13)7-15-4-6-17-9-12/h8-9H,1-7H2. The van der Waals surface area contributed by atoms with Crippen molar-refractivity contribution in [1.82, 2.24) is 0 Å². The summed E-state index contributed by atoms with van der Waals surface area (Å²) in [7, 11) is 0. The molecule has 0 aromatic rings. The molecule has 0 fully saturated rings. The first-order valence-electron chi connectivity index (χ1n) is 5.09. The molecule has 0 spiro atoms. The minimum Gasteiger partial charge on any atom is -0.465 e. The third kappa shape index (κ3) is 12.5. The quantitative estimate of drug-likeness (QED) is 0.315. The number of hydrogen-bond donors (Lipinski definition) is 0. The molecule has 0 aliphatic heterocycles. The van der Waals surface area contributed by atoms with Gasteiger partial charge >= 0.3 is 0 Å². The average molecular weight is 248 g/mol. The van der Waals surface area contributed by atoms with Gasteiger partial charge in [0.25, 0.3) is 12.9 Å². The summed E-state index contributed by atoms with van der Waals surface area (Å²) in [6.45, 7) is 1.65. The first-order valence-corrected chi connectivity index (χ1v) is 5.09. The van der Waals surface area contributed by atoms with E-state index >= 15 is 0 Å². The van der Waals surface area contributed by atoms with E-state index in [0.29, 0.717) is 12.9 Å². The lowest BCUT2D eigenvalue weighted by molar-refractivity contribution is -0.132. The van der Waals surface area contributed by atoms with Crippen LogP contribution in [0.25, 0.3) is 0 Å². The molecule has 0 heterocycles. The van der Waals surface area contributed by atoms with E-state index in [1.165, 1.54) is 0 Å². The molecule has 0 saturated heterocycles. The molecule has 0 aromatic heterocycles. The lowest BCUT2D eigenvalue weighted by Gasteiger charge is -2.04. The monoisotopic (exact) mass is 248 g/mol. The topological polar surface area (TPSA) is 88.1 Å². The zero-order chi connectivity index (χ0) is 12.8. The van der Waals surface area contributed by atoms with Crippen molar-refractivity contribution in [3.05, 3.63) is 0 Å². The second kappa shape index (κ2) is 12.6. The van der Waals surface area contributed by atoms with Gasteiger partial charge in [-0.1, -0.05) is 0 Å². The van der Waals surface area contributed by atoms with E-state index in [1.54, 1.807) is 0 Å². The van der Waals surface area contributed by atoms with Crippen LogP contribution in [0.1, 0.15) is 6.42 Å². The second-order valence-corrected chi connectivity index (χ2v) is 2.89. The Bertz CT molecular complexity index is 217. The molecule has 98 valence electrons. The van der Waals surface area contributed by atoms with Crippen LogP contribution in [-0.2, 0) is 33.3 Å². The molecule has 0 rings (SSSR count). The minimum atomic E-state index is -0.104. The molecule has 17 heavy (non-hydrogen) atoms. The third-order valence-electron chi connectivity index (χ3n) is 1.62. The summed E-state index contributed by atoms with van der Waals surface area (Å²) >= 11 is 0. The zero-order valence-corrected chi connectivity index (χ0v) is 9.46. The van der Waals surface area contributed by atoms with Crippen molar-refractivity contribution in [3.63, 3.8) is 0 Å². The van der Waals surface area contributed by atoms with Crippen LogP contribution in [0.2, 0.25) is 0 Å². The molecule has 0 atom stereocenters. The summed E-state index contributed by atoms with van der Waals surface area (Å²) in [5, 5.41) is 0. The Kier molecular flexibility index (Phi) is 11.5. The van der Waals surface area contributed by atoms with Gasteiger partial charge < -0.3 is 18.9 Å². The molecule has 7 nitrogen and oxygen atoms in total. The van der Waals surface area contributed by atoms with Crippen molar-refractivity contribution in [2.75, 3.05) is 39.6 Å². The van der Waals surface area contributed by atoms with Crippen LogP contribution >= 0.6 is 0 Å². The normalized spacial score (nSPS) is 9.65. The van der Waals surface area contributed by atoms with Crippen LogP contribution in [0.15, 0.2) is 0 Å². The fourth-order valence-corrected chi connectivity index (χ4v) is 0.857. The smallest absolute Gasteiger partial charge is 0.293 e. The summed E-state index contributed by atoms with van der Waals surface area (Å²) in [5.74, 6) is -0.104. The summed E-state index contributed by atoms with van der Waals surface area (Å²) in [6.07, 6.45) is 0.232. The fourth-order valence-electron chi connectivity index (χ4n) is 0.857. The van der Waals surface area contributed by atoms with Gasteiger partial charge in [-0.15, -0.1) is 0 Å². The Labute approximate surface area is 99.0 Å². The van der Waals surface area contributed by atoms with Crippen molar-refractivity contribution in [1.29, 1.82) is 0 Å². The zero-order valence-electron chi connectivity index (χ0n) is 9.46. The summed E-state index contributed by atoms with van der Waals surface area (Å²) in [4.78, 5) is 30.7. The maximum Gasteiger partial charge on any atom is 0.293 e. The maximum absolute atomic E-state index is 11.2. The fraction of sp³-hybridized carbons (Fsp3) is 0.700. The number of Topliss-reactive ketones (excluding diaryl/α,β-unsaturated/α-hetero) is 1. The van der Waals surface area contributed by atoms with E-state index in [-0.39, 0.29) is 51.8 Å². The number of carbonyl (C=O) groups excluding carboxylic acids is 3. The number of ketones is 1. The highest BCUT2D eigenvalue weighted by molar-refractivity contribution is 5.79.